The minimum atomic E-state index is -0.535. The van der Waals surface area contributed by atoms with Crippen molar-refractivity contribution in [3.05, 3.63) is 81.8 Å². The third-order valence-electron chi connectivity index (χ3n) is 4.55. The average molecular weight is 531 g/mol. The van der Waals surface area contributed by atoms with Crippen molar-refractivity contribution < 1.29 is 28.5 Å². The van der Waals surface area contributed by atoms with Gasteiger partial charge in [0.1, 0.15) is 16.5 Å². The second-order valence-corrected chi connectivity index (χ2v) is 7.91. The lowest BCUT2D eigenvalue weighted by atomic mass is 10.2. The molecule has 3 aromatic carbocycles. The molecule has 1 N–H and O–H groups in total. The van der Waals surface area contributed by atoms with Gasteiger partial charge in [-0.15, -0.1) is 0 Å². The van der Waals surface area contributed by atoms with Crippen molar-refractivity contribution in [1.29, 1.82) is 0 Å². The minimum Gasteiger partial charge on any atom is -0.494 e. The Labute approximate surface area is 218 Å². The molecular weight excluding hydrogens is 507 g/mol. The smallest absolute Gasteiger partial charge is 0.343 e. The first kappa shape index (κ1) is 26.8. The zero-order valence-corrected chi connectivity index (χ0v) is 21.1. The van der Waals surface area contributed by atoms with E-state index in [1.807, 2.05) is 13.8 Å². The van der Waals surface area contributed by atoms with Gasteiger partial charge in [0.05, 0.1) is 30.0 Å². The predicted octanol–water partition coefficient (Wildman–Crippen LogP) is 5.54. The maximum absolute atomic E-state index is 12.6. The summed E-state index contributed by atoms with van der Waals surface area (Å²) in [4.78, 5) is 24.6. The lowest BCUT2D eigenvalue weighted by molar-refractivity contribution is -0.123. The molecule has 10 heteroatoms. The van der Waals surface area contributed by atoms with Crippen LogP contribution in [0.1, 0.15) is 29.8 Å². The third kappa shape index (κ3) is 7.63. The van der Waals surface area contributed by atoms with Crippen LogP contribution in [0.25, 0.3) is 0 Å². The molecule has 3 aromatic rings. The fraction of sp³-hybridized carbons (Fsp3) is 0.192. The topological polar surface area (TPSA) is 95.5 Å². The summed E-state index contributed by atoms with van der Waals surface area (Å²) in [6, 6.07) is 16.4. The number of carbonyl (C=O) groups excluding carboxylic acids is 2. The van der Waals surface area contributed by atoms with E-state index in [1.165, 1.54) is 6.21 Å². The van der Waals surface area contributed by atoms with Gasteiger partial charge in [-0.05, 0) is 74.0 Å². The predicted molar refractivity (Wildman–Crippen MR) is 138 cm³/mol. The maximum atomic E-state index is 12.6. The second kappa shape index (κ2) is 13.4. The Bertz CT molecular complexity index is 1230. The van der Waals surface area contributed by atoms with Gasteiger partial charge in [0.2, 0.25) is 0 Å². The number of amides is 1. The fourth-order valence-electron chi connectivity index (χ4n) is 2.92. The summed E-state index contributed by atoms with van der Waals surface area (Å²) in [5, 5.41) is 4.47. The van der Waals surface area contributed by atoms with Crippen LogP contribution in [-0.4, -0.2) is 37.9 Å². The summed E-state index contributed by atoms with van der Waals surface area (Å²) >= 11 is 12.0. The monoisotopic (exact) mass is 530 g/mol. The zero-order chi connectivity index (χ0) is 25.9. The molecule has 1 amide bonds. The van der Waals surface area contributed by atoms with Gasteiger partial charge < -0.3 is 18.9 Å². The molecule has 0 aliphatic heterocycles. The highest BCUT2D eigenvalue weighted by atomic mass is 35.5. The maximum Gasteiger partial charge on any atom is 0.343 e. The molecule has 0 radical (unpaired) electrons. The molecule has 188 valence electrons. The van der Waals surface area contributed by atoms with Crippen molar-refractivity contribution in [2.45, 2.75) is 13.8 Å². The van der Waals surface area contributed by atoms with Crippen LogP contribution in [-0.2, 0) is 4.79 Å². The first-order chi connectivity index (χ1) is 17.4. The highest BCUT2D eigenvalue weighted by Gasteiger charge is 2.14. The van der Waals surface area contributed by atoms with Crippen molar-refractivity contribution in [1.82, 2.24) is 5.43 Å². The van der Waals surface area contributed by atoms with Crippen LogP contribution in [0.3, 0.4) is 0 Å². The molecule has 0 heterocycles. The van der Waals surface area contributed by atoms with Crippen LogP contribution in [0.4, 0.5) is 0 Å². The number of nitrogens with one attached hydrogen (secondary N) is 1. The van der Waals surface area contributed by atoms with Crippen molar-refractivity contribution in [2.75, 3.05) is 19.8 Å². The molecule has 0 aliphatic rings. The Morgan fingerprint density at radius 1 is 0.889 bits per heavy atom. The van der Waals surface area contributed by atoms with Gasteiger partial charge in [-0.3, -0.25) is 4.79 Å². The van der Waals surface area contributed by atoms with Gasteiger partial charge in [0.15, 0.2) is 18.1 Å². The molecule has 0 unspecified atom stereocenters. The van der Waals surface area contributed by atoms with Crippen LogP contribution in [0.2, 0.25) is 10.0 Å². The van der Waals surface area contributed by atoms with Crippen LogP contribution in [0.5, 0.6) is 23.0 Å². The van der Waals surface area contributed by atoms with Gasteiger partial charge in [0.25, 0.3) is 5.91 Å². The number of rotatable bonds is 11. The normalized spacial score (nSPS) is 10.7. The Hall–Kier alpha value is -3.75. The van der Waals surface area contributed by atoms with E-state index in [4.69, 9.17) is 42.1 Å². The average Bonchev–Trinajstić information content (AvgIpc) is 2.87. The number of hydrogen-bond acceptors (Lipinski definition) is 7. The number of esters is 1. The fourth-order valence-corrected chi connectivity index (χ4v) is 3.27. The largest absolute Gasteiger partial charge is 0.494 e. The van der Waals surface area contributed by atoms with E-state index >= 15 is 0 Å². The van der Waals surface area contributed by atoms with Crippen molar-refractivity contribution in [3.8, 4) is 23.0 Å². The first-order valence-electron chi connectivity index (χ1n) is 11.0. The lowest BCUT2D eigenvalue weighted by Gasteiger charge is -2.11. The molecule has 0 bridgehead atoms. The third-order valence-corrected chi connectivity index (χ3v) is 5.35. The zero-order valence-electron chi connectivity index (χ0n) is 19.6. The molecule has 0 fully saturated rings. The molecule has 0 atom stereocenters. The van der Waals surface area contributed by atoms with E-state index in [2.05, 4.69) is 10.5 Å². The van der Waals surface area contributed by atoms with Crippen LogP contribution in [0, 0.1) is 0 Å². The highest BCUT2D eigenvalue weighted by molar-refractivity contribution is 6.42. The van der Waals surface area contributed by atoms with Crippen molar-refractivity contribution >= 4 is 41.3 Å². The molecular formula is C26H24Cl2N2O6. The minimum absolute atomic E-state index is 0.224. The number of benzene rings is 3. The summed E-state index contributed by atoms with van der Waals surface area (Å²) in [7, 11) is 0. The van der Waals surface area contributed by atoms with Crippen LogP contribution in [0.15, 0.2) is 65.8 Å². The van der Waals surface area contributed by atoms with E-state index < -0.39 is 11.9 Å². The molecule has 3 rings (SSSR count). The summed E-state index contributed by atoms with van der Waals surface area (Å²) in [5.74, 6) is 0.537. The molecule has 0 aliphatic carbocycles. The van der Waals surface area contributed by atoms with Crippen LogP contribution < -0.4 is 24.4 Å². The van der Waals surface area contributed by atoms with Gasteiger partial charge in [-0.25, -0.2) is 10.2 Å². The number of hydrogen-bond donors (Lipinski definition) is 1. The Balaban J connectivity index is 1.59. The standard InChI is InChI=1S/C26H24Cl2N2O6/c1-3-33-19-11-9-18(10-12-19)26(32)36-21-13-8-17(14-23(21)34-4-2)15-29-30-24(31)16-35-22-7-5-6-20(27)25(22)28/h5-15H,3-4,16H2,1-2H3,(H,30,31). The highest BCUT2D eigenvalue weighted by Crippen LogP contribution is 2.31. The molecule has 8 nitrogen and oxygen atoms in total. The number of halogens is 2. The van der Waals surface area contributed by atoms with E-state index in [9.17, 15) is 9.59 Å². The first-order valence-corrected chi connectivity index (χ1v) is 11.8. The quantitative estimate of drug-likeness (QED) is 0.151. The number of hydrazone groups is 1. The summed E-state index contributed by atoms with van der Waals surface area (Å²) in [6.07, 6.45) is 1.42. The number of nitrogens with zero attached hydrogens (tertiary/aromatic N) is 1. The molecule has 0 aromatic heterocycles. The van der Waals surface area contributed by atoms with Gasteiger partial charge in [-0.1, -0.05) is 29.3 Å². The van der Waals surface area contributed by atoms with Crippen LogP contribution >= 0.6 is 23.2 Å². The van der Waals surface area contributed by atoms with Gasteiger partial charge >= 0.3 is 5.97 Å². The molecule has 0 saturated carbocycles. The van der Waals surface area contributed by atoms with Crippen molar-refractivity contribution in [3.63, 3.8) is 0 Å². The van der Waals surface area contributed by atoms with Gasteiger partial charge in [-0.2, -0.15) is 5.10 Å². The van der Waals surface area contributed by atoms with E-state index in [0.29, 0.717) is 46.6 Å². The Morgan fingerprint density at radius 3 is 2.36 bits per heavy atom. The SMILES string of the molecule is CCOc1ccc(C(=O)Oc2ccc(C=NNC(=O)COc3cccc(Cl)c3Cl)cc2OCC)cc1. The lowest BCUT2D eigenvalue weighted by Crippen LogP contribution is -2.24. The summed E-state index contributed by atoms with van der Waals surface area (Å²) in [6.45, 7) is 4.28. The molecule has 0 spiro atoms. The second-order valence-electron chi connectivity index (χ2n) is 7.12. The molecule has 0 saturated heterocycles. The number of ether oxygens (including phenoxy) is 4. The Kier molecular flexibility index (Phi) is 9.97. The Morgan fingerprint density at radius 2 is 1.64 bits per heavy atom. The van der Waals surface area contributed by atoms with E-state index in [0.717, 1.165) is 0 Å². The summed E-state index contributed by atoms with van der Waals surface area (Å²) < 4.78 is 21.9. The van der Waals surface area contributed by atoms with Gasteiger partial charge in [0, 0.05) is 0 Å². The molecule has 36 heavy (non-hydrogen) atoms. The van der Waals surface area contributed by atoms with E-state index in [-0.39, 0.29) is 17.4 Å². The van der Waals surface area contributed by atoms with E-state index in [1.54, 1.807) is 60.7 Å². The summed E-state index contributed by atoms with van der Waals surface area (Å²) in [5.41, 5.74) is 3.34. The number of carbonyl (C=O) groups is 2. The van der Waals surface area contributed by atoms with Crippen molar-refractivity contribution in [2.24, 2.45) is 5.10 Å².